The minimum Gasteiger partial charge on any atom is -0.411 e. The van der Waals surface area contributed by atoms with Crippen LogP contribution in [0.1, 0.15) is 65.2 Å². The van der Waals surface area contributed by atoms with E-state index < -0.39 is 8.32 Å². The van der Waals surface area contributed by atoms with Crippen LogP contribution in [0.5, 0.6) is 0 Å². The summed E-state index contributed by atoms with van der Waals surface area (Å²) < 4.78 is 6.26. The molecule has 0 saturated heterocycles. The fraction of sp³-hybridized carbons (Fsp3) is 0.867. The van der Waals surface area contributed by atoms with Crippen LogP contribution in [0.25, 0.3) is 0 Å². The fourth-order valence-corrected chi connectivity index (χ4v) is 5.39. The molecule has 1 heterocycles. The summed E-state index contributed by atoms with van der Waals surface area (Å²) >= 11 is 0. The number of unbranched alkanes of at least 4 members (excludes halogenated alkanes) is 4. The second-order valence-electron chi connectivity index (χ2n) is 5.91. The van der Waals surface area contributed by atoms with Crippen LogP contribution < -0.4 is 0 Å². The average Bonchev–Trinajstić information content (AvgIpc) is 2.37. The van der Waals surface area contributed by atoms with Gasteiger partial charge < -0.3 is 4.43 Å². The van der Waals surface area contributed by atoms with Gasteiger partial charge in [0, 0.05) is 6.10 Å². The van der Waals surface area contributed by atoms with Crippen molar-refractivity contribution in [2.24, 2.45) is 0 Å². The van der Waals surface area contributed by atoms with Crippen molar-refractivity contribution < 1.29 is 4.43 Å². The smallest absolute Gasteiger partial charge is 0.214 e. The van der Waals surface area contributed by atoms with E-state index in [1.54, 1.807) is 5.20 Å². The molecule has 0 radical (unpaired) electrons. The van der Waals surface area contributed by atoms with E-state index in [-0.39, 0.29) is 0 Å². The van der Waals surface area contributed by atoms with Gasteiger partial charge in [-0.1, -0.05) is 43.9 Å². The zero-order valence-corrected chi connectivity index (χ0v) is 13.2. The summed E-state index contributed by atoms with van der Waals surface area (Å²) in [5.74, 6) is 0. The number of hydrogen-bond acceptors (Lipinski definition) is 1. The molecular weight excluding hydrogens is 224 g/mol. The Bertz CT molecular complexity index is 245. The minimum absolute atomic E-state index is 0.463. The standard InChI is InChI=1S/C15H30OSi/c1-5-6-7-8-9-12-15-13-10-11-14(2)16-17(15,3)4/h13-14H,5-12H2,1-4H3. The Hall–Kier alpha value is -0.0831. The Morgan fingerprint density at radius 3 is 2.65 bits per heavy atom. The lowest BCUT2D eigenvalue weighted by molar-refractivity contribution is 0.209. The Morgan fingerprint density at radius 1 is 1.24 bits per heavy atom. The second kappa shape index (κ2) is 7.37. The van der Waals surface area contributed by atoms with Gasteiger partial charge in [0.2, 0.25) is 8.32 Å². The van der Waals surface area contributed by atoms with Gasteiger partial charge in [0.1, 0.15) is 0 Å². The van der Waals surface area contributed by atoms with Crippen molar-refractivity contribution in [2.45, 2.75) is 84.4 Å². The Kier molecular flexibility index (Phi) is 6.50. The first-order valence-electron chi connectivity index (χ1n) is 7.43. The van der Waals surface area contributed by atoms with Gasteiger partial charge in [0.15, 0.2) is 0 Å². The monoisotopic (exact) mass is 254 g/mol. The molecule has 1 atom stereocenters. The van der Waals surface area contributed by atoms with E-state index in [0.717, 1.165) is 0 Å². The molecule has 0 N–H and O–H groups in total. The van der Waals surface area contributed by atoms with Gasteiger partial charge in [-0.05, 0) is 45.7 Å². The first-order chi connectivity index (χ1) is 8.06. The summed E-state index contributed by atoms with van der Waals surface area (Å²) in [7, 11) is -1.54. The molecular formula is C15H30OSi. The molecule has 1 aliphatic heterocycles. The highest BCUT2D eigenvalue weighted by Gasteiger charge is 2.30. The molecule has 1 unspecified atom stereocenters. The van der Waals surface area contributed by atoms with E-state index in [1.807, 2.05) is 0 Å². The highest BCUT2D eigenvalue weighted by Crippen LogP contribution is 2.28. The number of hydrogen-bond donors (Lipinski definition) is 0. The van der Waals surface area contributed by atoms with Gasteiger partial charge >= 0.3 is 0 Å². The van der Waals surface area contributed by atoms with Crippen LogP contribution in [0.4, 0.5) is 0 Å². The van der Waals surface area contributed by atoms with Crippen molar-refractivity contribution in [3.8, 4) is 0 Å². The van der Waals surface area contributed by atoms with Gasteiger partial charge in [-0.25, -0.2) is 0 Å². The Labute approximate surface area is 109 Å². The molecule has 1 nitrogen and oxygen atoms in total. The summed E-state index contributed by atoms with van der Waals surface area (Å²) in [5.41, 5.74) is 0. The molecule has 0 fully saturated rings. The molecule has 0 amide bonds. The quantitative estimate of drug-likeness (QED) is 0.466. The predicted octanol–water partition coefficient (Wildman–Crippen LogP) is 5.22. The van der Waals surface area contributed by atoms with Crippen LogP contribution in [-0.4, -0.2) is 14.4 Å². The van der Waals surface area contributed by atoms with Crippen molar-refractivity contribution in [3.63, 3.8) is 0 Å². The van der Waals surface area contributed by atoms with E-state index in [4.69, 9.17) is 4.43 Å². The Balaban J connectivity index is 2.37. The van der Waals surface area contributed by atoms with Crippen molar-refractivity contribution in [1.29, 1.82) is 0 Å². The third-order valence-corrected chi connectivity index (χ3v) is 6.78. The van der Waals surface area contributed by atoms with Gasteiger partial charge in [0.05, 0.1) is 0 Å². The normalized spacial score (nSPS) is 24.2. The molecule has 17 heavy (non-hydrogen) atoms. The molecule has 100 valence electrons. The summed E-state index contributed by atoms with van der Waals surface area (Å²) in [4.78, 5) is 0. The Morgan fingerprint density at radius 2 is 1.94 bits per heavy atom. The molecule has 0 aromatic carbocycles. The van der Waals surface area contributed by atoms with Crippen molar-refractivity contribution in [1.82, 2.24) is 0 Å². The van der Waals surface area contributed by atoms with Crippen LogP contribution in [-0.2, 0) is 4.43 Å². The molecule has 2 heteroatoms. The van der Waals surface area contributed by atoms with Crippen molar-refractivity contribution in [2.75, 3.05) is 0 Å². The van der Waals surface area contributed by atoms with Crippen molar-refractivity contribution in [3.05, 3.63) is 11.3 Å². The minimum atomic E-state index is -1.54. The lowest BCUT2D eigenvalue weighted by Gasteiger charge is -2.27. The van der Waals surface area contributed by atoms with E-state index in [0.29, 0.717) is 6.10 Å². The summed E-state index contributed by atoms with van der Waals surface area (Å²) in [6.45, 7) is 9.24. The molecule has 0 saturated carbocycles. The fourth-order valence-electron chi connectivity index (χ4n) is 2.70. The summed E-state index contributed by atoms with van der Waals surface area (Å²) in [6, 6.07) is 0. The summed E-state index contributed by atoms with van der Waals surface area (Å²) in [5, 5.41) is 1.67. The molecule has 0 aromatic heterocycles. The topological polar surface area (TPSA) is 9.23 Å². The maximum absolute atomic E-state index is 6.26. The van der Waals surface area contributed by atoms with Crippen LogP contribution in [0.15, 0.2) is 11.3 Å². The van der Waals surface area contributed by atoms with Crippen molar-refractivity contribution >= 4 is 8.32 Å². The van der Waals surface area contributed by atoms with E-state index in [1.165, 1.54) is 51.4 Å². The molecule has 0 aromatic rings. The third kappa shape index (κ3) is 5.39. The van der Waals surface area contributed by atoms with Crippen LogP contribution in [0, 0.1) is 0 Å². The highest BCUT2D eigenvalue weighted by molar-refractivity contribution is 6.78. The largest absolute Gasteiger partial charge is 0.411 e. The van der Waals surface area contributed by atoms with E-state index in [2.05, 4.69) is 33.0 Å². The molecule has 1 aliphatic rings. The van der Waals surface area contributed by atoms with Crippen LogP contribution >= 0.6 is 0 Å². The molecule has 0 aliphatic carbocycles. The summed E-state index contributed by atoms with van der Waals surface area (Å²) in [6.07, 6.45) is 13.6. The molecule has 0 bridgehead atoms. The maximum Gasteiger partial charge on any atom is 0.214 e. The van der Waals surface area contributed by atoms with Crippen LogP contribution in [0.3, 0.4) is 0 Å². The van der Waals surface area contributed by atoms with Gasteiger partial charge in [-0.2, -0.15) is 0 Å². The van der Waals surface area contributed by atoms with Gasteiger partial charge in [-0.15, -0.1) is 0 Å². The predicted molar refractivity (Wildman–Crippen MR) is 78.7 cm³/mol. The average molecular weight is 254 g/mol. The molecule has 1 rings (SSSR count). The van der Waals surface area contributed by atoms with E-state index >= 15 is 0 Å². The maximum atomic E-state index is 6.26. The number of allylic oxidation sites excluding steroid dienone is 2. The number of rotatable bonds is 6. The zero-order chi connectivity index (χ0) is 12.7. The van der Waals surface area contributed by atoms with Crippen LogP contribution in [0.2, 0.25) is 13.1 Å². The van der Waals surface area contributed by atoms with E-state index in [9.17, 15) is 0 Å². The van der Waals surface area contributed by atoms with Gasteiger partial charge in [0.25, 0.3) is 0 Å². The second-order valence-corrected chi connectivity index (χ2v) is 9.81. The highest BCUT2D eigenvalue weighted by atomic mass is 28.4. The first-order valence-corrected chi connectivity index (χ1v) is 10.3. The lowest BCUT2D eigenvalue weighted by Crippen LogP contribution is -2.36. The lowest BCUT2D eigenvalue weighted by atomic mass is 10.1. The zero-order valence-electron chi connectivity index (χ0n) is 12.2. The molecule has 0 spiro atoms. The third-order valence-electron chi connectivity index (χ3n) is 3.78. The van der Waals surface area contributed by atoms with Gasteiger partial charge in [-0.3, -0.25) is 0 Å². The first kappa shape index (κ1) is 15.0. The SMILES string of the molecule is CCCCCCCC1=CCCC(C)O[Si]1(C)C.